The summed E-state index contributed by atoms with van der Waals surface area (Å²) in [6.07, 6.45) is 9.73. The van der Waals surface area contributed by atoms with Crippen LogP contribution in [0.5, 0.6) is 11.6 Å². The molecule has 1 aliphatic rings. The van der Waals surface area contributed by atoms with E-state index in [0.717, 1.165) is 52.9 Å². The third-order valence-electron chi connectivity index (χ3n) is 7.18. The lowest BCUT2D eigenvalue weighted by Crippen LogP contribution is -2.36. The number of phenolic OH excluding ortho intramolecular Hbond substituents is 1. The molecule has 202 valence electrons. The van der Waals surface area contributed by atoms with E-state index in [0.29, 0.717) is 31.5 Å². The fourth-order valence-electron chi connectivity index (χ4n) is 5.15. The van der Waals surface area contributed by atoms with Gasteiger partial charge in [-0.1, -0.05) is 32.0 Å². The van der Waals surface area contributed by atoms with Crippen molar-refractivity contribution >= 4 is 11.6 Å². The summed E-state index contributed by atoms with van der Waals surface area (Å²) in [5.41, 5.74) is 5.46. The van der Waals surface area contributed by atoms with Crippen molar-refractivity contribution in [3.05, 3.63) is 95.2 Å². The minimum absolute atomic E-state index is 0.00381. The molecule has 0 saturated heterocycles. The van der Waals surface area contributed by atoms with E-state index in [9.17, 15) is 9.90 Å². The van der Waals surface area contributed by atoms with Crippen LogP contribution < -0.4 is 9.64 Å². The van der Waals surface area contributed by atoms with Gasteiger partial charge in [0.25, 0.3) is 0 Å². The van der Waals surface area contributed by atoms with Crippen molar-refractivity contribution in [1.82, 2.24) is 19.7 Å². The molecule has 8 nitrogen and oxygen atoms in total. The molecule has 0 bridgehead atoms. The summed E-state index contributed by atoms with van der Waals surface area (Å²) in [4.78, 5) is 24.9. The van der Waals surface area contributed by atoms with Crippen molar-refractivity contribution in [2.24, 2.45) is 0 Å². The number of aromatic nitrogens is 4. The second-order valence-corrected chi connectivity index (χ2v) is 10.3. The first-order valence-electron chi connectivity index (χ1n) is 13.6. The fourth-order valence-corrected chi connectivity index (χ4v) is 5.15. The SMILES string of the molecule is CCOc1ccc(Cn2cc(CN(C(=O)C3CCCc4c(O)cccc43)c3ccc(C(C)C)nc3)cn2)cn1. The van der Waals surface area contributed by atoms with Gasteiger partial charge in [-0.15, -0.1) is 0 Å². The van der Waals surface area contributed by atoms with Crippen LogP contribution in [0.4, 0.5) is 5.69 Å². The largest absolute Gasteiger partial charge is 0.508 e. The van der Waals surface area contributed by atoms with E-state index in [2.05, 4.69) is 28.9 Å². The quantitative estimate of drug-likeness (QED) is 0.306. The molecule has 1 N–H and O–H groups in total. The van der Waals surface area contributed by atoms with Crippen LogP contribution in [0.15, 0.2) is 67.3 Å². The van der Waals surface area contributed by atoms with E-state index in [1.807, 2.05) is 54.2 Å². The summed E-state index contributed by atoms with van der Waals surface area (Å²) in [6.45, 7) is 7.64. The lowest BCUT2D eigenvalue weighted by molar-refractivity contribution is -0.120. The van der Waals surface area contributed by atoms with Gasteiger partial charge in [-0.2, -0.15) is 5.10 Å². The molecular formula is C31H35N5O3. The maximum absolute atomic E-state index is 14.1. The zero-order valence-electron chi connectivity index (χ0n) is 22.7. The Morgan fingerprint density at radius 3 is 2.69 bits per heavy atom. The Morgan fingerprint density at radius 2 is 1.97 bits per heavy atom. The Balaban J connectivity index is 1.40. The van der Waals surface area contributed by atoms with Crippen LogP contribution in [-0.4, -0.2) is 37.4 Å². The van der Waals surface area contributed by atoms with Gasteiger partial charge in [-0.05, 0) is 67.0 Å². The van der Waals surface area contributed by atoms with Crippen LogP contribution in [0.1, 0.15) is 73.4 Å². The lowest BCUT2D eigenvalue weighted by atomic mass is 9.81. The number of hydrogen-bond donors (Lipinski definition) is 1. The van der Waals surface area contributed by atoms with Crippen LogP contribution in [0.2, 0.25) is 0 Å². The number of benzene rings is 1. The van der Waals surface area contributed by atoms with Gasteiger partial charge in [0.1, 0.15) is 5.75 Å². The molecule has 3 heterocycles. The van der Waals surface area contributed by atoms with E-state index < -0.39 is 0 Å². The number of hydrogen-bond acceptors (Lipinski definition) is 6. The van der Waals surface area contributed by atoms with E-state index in [1.54, 1.807) is 29.6 Å². The number of pyridine rings is 2. The number of amides is 1. The summed E-state index contributed by atoms with van der Waals surface area (Å²) in [7, 11) is 0. The van der Waals surface area contributed by atoms with E-state index in [1.165, 1.54) is 0 Å². The molecule has 4 aromatic rings. The smallest absolute Gasteiger partial charge is 0.234 e. The van der Waals surface area contributed by atoms with Crippen molar-refractivity contribution in [1.29, 1.82) is 0 Å². The number of rotatable bonds is 9. The van der Waals surface area contributed by atoms with E-state index in [4.69, 9.17) is 4.74 Å². The zero-order valence-corrected chi connectivity index (χ0v) is 22.7. The molecule has 0 saturated carbocycles. The molecule has 0 fully saturated rings. The number of ether oxygens (including phenoxy) is 1. The molecule has 39 heavy (non-hydrogen) atoms. The molecule has 0 radical (unpaired) electrons. The molecule has 5 rings (SSSR count). The van der Waals surface area contributed by atoms with Crippen LogP contribution in [-0.2, 0) is 24.3 Å². The van der Waals surface area contributed by atoms with Gasteiger partial charge in [0.05, 0.1) is 43.7 Å². The number of anilines is 1. The molecule has 1 aromatic carbocycles. The highest BCUT2D eigenvalue weighted by molar-refractivity contribution is 5.98. The predicted octanol–water partition coefficient (Wildman–Crippen LogP) is 5.60. The number of aromatic hydroxyl groups is 1. The highest BCUT2D eigenvalue weighted by Gasteiger charge is 2.32. The van der Waals surface area contributed by atoms with Crippen LogP contribution in [0.25, 0.3) is 0 Å². The van der Waals surface area contributed by atoms with Crippen LogP contribution in [0.3, 0.4) is 0 Å². The zero-order chi connectivity index (χ0) is 27.4. The average Bonchev–Trinajstić information content (AvgIpc) is 3.39. The summed E-state index contributed by atoms with van der Waals surface area (Å²) in [5, 5.41) is 15.0. The van der Waals surface area contributed by atoms with Crippen LogP contribution >= 0.6 is 0 Å². The lowest BCUT2D eigenvalue weighted by Gasteiger charge is -2.31. The normalized spacial score (nSPS) is 14.7. The van der Waals surface area contributed by atoms with Gasteiger partial charge in [0.15, 0.2) is 0 Å². The molecule has 0 aliphatic heterocycles. The summed E-state index contributed by atoms with van der Waals surface area (Å²) < 4.78 is 7.28. The Hall–Kier alpha value is -4.20. The van der Waals surface area contributed by atoms with Crippen molar-refractivity contribution in [2.75, 3.05) is 11.5 Å². The van der Waals surface area contributed by atoms with Crippen molar-refractivity contribution in [3.63, 3.8) is 0 Å². The minimum atomic E-state index is -0.324. The molecule has 8 heteroatoms. The third kappa shape index (κ3) is 5.95. The molecule has 1 aliphatic carbocycles. The minimum Gasteiger partial charge on any atom is -0.508 e. The number of fused-ring (bicyclic) bond motifs is 1. The first-order valence-corrected chi connectivity index (χ1v) is 13.6. The van der Waals surface area contributed by atoms with Crippen molar-refractivity contribution < 1.29 is 14.6 Å². The third-order valence-corrected chi connectivity index (χ3v) is 7.18. The molecule has 3 aromatic heterocycles. The van der Waals surface area contributed by atoms with Crippen molar-refractivity contribution in [3.8, 4) is 11.6 Å². The molecular weight excluding hydrogens is 490 g/mol. The topological polar surface area (TPSA) is 93.4 Å². The van der Waals surface area contributed by atoms with Gasteiger partial charge in [-0.3, -0.25) is 14.5 Å². The molecule has 0 spiro atoms. The van der Waals surface area contributed by atoms with Crippen LogP contribution in [0, 0.1) is 0 Å². The Kier molecular flexibility index (Phi) is 7.91. The van der Waals surface area contributed by atoms with Crippen molar-refractivity contribution in [2.45, 2.75) is 65.0 Å². The Morgan fingerprint density at radius 1 is 1.10 bits per heavy atom. The van der Waals surface area contributed by atoms with E-state index >= 15 is 0 Å². The Labute approximate surface area is 229 Å². The standard InChI is InChI=1S/C31H35N5O3/c1-4-39-30-14-11-22(15-33-30)18-35-19-23(16-34-35)20-36(24-12-13-28(21(2)3)32-17-24)31(38)27-9-5-8-26-25(27)7-6-10-29(26)37/h6-7,10-17,19,21,27,37H,4-5,8-9,18,20H2,1-3H3. The van der Waals surface area contributed by atoms with Gasteiger partial charge < -0.3 is 14.7 Å². The summed E-state index contributed by atoms with van der Waals surface area (Å²) in [5.74, 6) is 0.849. The maximum Gasteiger partial charge on any atom is 0.234 e. The average molecular weight is 526 g/mol. The van der Waals surface area contributed by atoms with Gasteiger partial charge >= 0.3 is 0 Å². The number of phenols is 1. The monoisotopic (exact) mass is 525 g/mol. The second kappa shape index (κ2) is 11.7. The van der Waals surface area contributed by atoms with E-state index in [-0.39, 0.29) is 17.6 Å². The van der Waals surface area contributed by atoms with Gasteiger partial charge in [0, 0.05) is 29.7 Å². The fraction of sp³-hybridized carbons (Fsp3) is 0.355. The number of nitrogens with zero attached hydrogens (tertiary/aromatic N) is 5. The predicted molar refractivity (Wildman–Crippen MR) is 150 cm³/mol. The highest BCUT2D eigenvalue weighted by Crippen LogP contribution is 2.38. The first kappa shape index (κ1) is 26.4. The van der Waals surface area contributed by atoms with Gasteiger partial charge in [0.2, 0.25) is 11.8 Å². The summed E-state index contributed by atoms with van der Waals surface area (Å²) in [6, 6.07) is 13.3. The summed E-state index contributed by atoms with van der Waals surface area (Å²) >= 11 is 0. The maximum atomic E-state index is 14.1. The highest BCUT2D eigenvalue weighted by atomic mass is 16.5. The molecule has 1 unspecified atom stereocenters. The molecule has 1 amide bonds. The number of carbonyl (C=O) groups is 1. The first-order chi connectivity index (χ1) is 18.9. The Bertz CT molecular complexity index is 1410. The second-order valence-electron chi connectivity index (χ2n) is 10.3. The number of carbonyl (C=O) groups excluding carboxylic acids is 1. The molecule has 1 atom stereocenters. The van der Waals surface area contributed by atoms with Gasteiger partial charge in [-0.25, -0.2) is 4.98 Å².